The summed E-state index contributed by atoms with van der Waals surface area (Å²) in [5, 5.41) is 3.78. The van der Waals surface area contributed by atoms with Crippen molar-refractivity contribution in [1.29, 1.82) is 0 Å². The maximum absolute atomic E-state index is 13.1. The predicted octanol–water partition coefficient (Wildman–Crippen LogP) is 5.18. The lowest BCUT2D eigenvalue weighted by Gasteiger charge is -2.29. The van der Waals surface area contributed by atoms with Crippen LogP contribution in [0.5, 0.6) is 0 Å². The number of aryl methyl sites for hydroxylation is 1. The monoisotopic (exact) mass is 434 g/mol. The van der Waals surface area contributed by atoms with Crippen molar-refractivity contribution >= 4 is 35.0 Å². The maximum atomic E-state index is 13.1. The molecule has 0 spiro atoms. The van der Waals surface area contributed by atoms with Crippen LogP contribution in [0.4, 0.5) is 0 Å². The Morgan fingerprint density at radius 3 is 2.48 bits per heavy atom. The van der Waals surface area contributed by atoms with Crippen LogP contribution in [-0.4, -0.2) is 29.3 Å². The molecule has 0 saturated carbocycles. The van der Waals surface area contributed by atoms with Gasteiger partial charge in [0.1, 0.15) is 6.04 Å². The van der Waals surface area contributed by atoms with Crippen molar-refractivity contribution in [1.82, 2.24) is 10.2 Å². The number of benzene rings is 2. The Kier molecular flexibility index (Phi) is 8.99. The van der Waals surface area contributed by atoms with E-state index in [1.807, 2.05) is 31.2 Å². The molecule has 29 heavy (non-hydrogen) atoms. The lowest BCUT2D eigenvalue weighted by Crippen LogP contribution is -2.48. The van der Waals surface area contributed by atoms with Gasteiger partial charge in [0.25, 0.3) is 0 Å². The highest BCUT2D eigenvalue weighted by molar-refractivity contribution is 6.42. The summed E-state index contributed by atoms with van der Waals surface area (Å²) >= 11 is 12.1. The molecule has 2 aromatic carbocycles. The molecule has 1 N–H and O–H groups in total. The fraction of sp³-hybridized carbons (Fsp3) is 0.391. The lowest BCUT2D eigenvalue weighted by molar-refractivity contribution is -0.140. The van der Waals surface area contributed by atoms with Crippen LogP contribution < -0.4 is 5.32 Å². The second-order valence-electron chi connectivity index (χ2n) is 7.26. The number of hydrogen-bond donors (Lipinski definition) is 1. The third kappa shape index (κ3) is 7.06. The first kappa shape index (κ1) is 23.2. The van der Waals surface area contributed by atoms with Crippen molar-refractivity contribution < 1.29 is 9.59 Å². The van der Waals surface area contributed by atoms with Crippen molar-refractivity contribution in [2.24, 2.45) is 0 Å². The van der Waals surface area contributed by atoms with Crippen molar-refractivity contribution in [3.8, 4) is 0 Å². The number of halogens is 2. The molecule has 6 heteroatoms. The van der Waals surface area contributed by atoms with Crippen LogP contribution in [0.3, 0.4) is 0 Å². The smallest absolute Gasteiger partial charge is 0.242 e. The van der Waals surface area contributed by atoms with Crippen LogP contribution >= 0.6 is 23.2 Å². The number of amides is 2. The molecule has 0 fully saturated rings. The number of nitrogens with one attached hydrogen (secondary N) is 1. The zero-order chi connectivity index (χ0) is 21.4. The number of rotatable bonds is 9. The van der Waals surface area contributed by atoms with E-state index in [0.29, 0.717) is 23.1 Å². The topological polar surface area (TPSA) is 49.4 Å². The first-order chi connectivity index (χ1) is 13.8. The van der Waals surface area contributed by atoms with Crippen LogP contribution in [0, 0.1) is 6.92 Å². The summed E-state index contributed by atoms with van der Waals surface area (Å²) in [5.41, 5.74) is 2.86. The van der Waals surface area contributed by atoms with Gasteiger partial charge in [-0.3, -0.25) is 9.59 Å². The van der Waals surface area contributed by atoms with E-state index in [1.165, 1.54) is 0 Å². The van der Waals surface area contributed by atoms with E-state index in [1.54, 1.807) is 30.0 Å². The molecule has 0 aromatic heterocycles. The van der Waals surface area contributed by atoms with Crippen LogP contribution in [0.2, 0.25) is 10.0 Å². The van der Waals surface area contributed by atoms with Gasteiger partial charge in [-0.15, -0.1) is 0 Å². The largest absolute Gasteiger partial charge is 0.354 e. The fourth-order valence-electron chi connectivity index (χ4n) is 3.05. The molecule has 4 nitrogen and oxygen atoms in total. The molecule has 0 radical (unpaired) electrons. The zero-order valence-electron chi connectivity index (χ0n) is 17.2. The number of unbranched alkanes of at least 4 members (excludes halogenated alkanes) is 1. The normalized spacial score (nSPS) is 11.8. The summed E-state index contributed by atoms with van der Waals surface area (Å²) in [6.07, 6.45) is 2.06. The molecule has 2 aromatic rings. The first-order valence-electron chi connectivity index (χ1n) is 9.88. The highest BCUT2D eigenvalue weighted by atomic mass is 35.5. The second-order valence-corrected chi connectivity index (χ2v) is 8.07. The van der Waals surface area contributed by atoms with Crippen molar-refractivity contribution in [2.75, 3.05) is 6.54 Å². The average molecular weight is 435 g/mol. The van der Waals surface area contributed by atoms with Crippen LogP contribution in [-0.2, 0) is 22.6 Å². The van der Waals surface area contributed by atoms with Gasteiger partial charge < -0.3 is 10.2 Å². The minimum Gasteiger partial charge on any atom is -0.354 e. The van der Waals surface area contributed by atoms with E-state index < -0.39 is 6.04 Å². The second kappa shape index (κ2) is 11.2. The van der Waals surface area contributed by atoms with Gasteiger partial charge in [-0.2, -0.15) is 0 Å². The molecule has 0 saturated heterocycles. The highest BCUT2D eigenvalue weighted by Gasteiger charge is 2.26. The fourth-order valence-corrected chi connectivity index (χ4v) is 3.37. The molecule has 2 rings (SSSR count). The van der Waals surface area contributed by atoms with Crippen LogP contribution in [0.25, 0.3) is 0 Å². The van der Waals surface area contributed by atoms with Gasteiger partial charge >= 0.3 is 0 Å². The summed E-state index contributed by atoms with van der Waals surface area (Å²) in [5.74, 6) is -0.281. The van der Waals surface area contributed by atoms with E-state index >= 15 is 0 Å². The van der Waals surface area contributed by atoms with Gasteiger partial charge in [0, 0.05) is 13.1 Å². The Balaban J connectivity index is 2.20. The number of carbonyl (C=O) groups excluding carboxylic acids is 2. The molecular weight excluding hydrogens is 407 g/mol. The summed E-state index contributed by atoms with van der Waals surface area (Å²) in [7, 11) is 0. The molecule has 0 bridgehead atoms. The van der Waals surface area contributed by atoms with Gasteiger partial charge in [0.05, 0.1) is 16.5 Å². The SMILES string of the molecule is CCCCNC(=O)[C@@H](C)N(Cc1cccc(C)c1)C(=O)Cc1ccc(Cl)c(Cl)c1. The Morgan fingerprint density at radius 2 is 1.83 bits per heavy atom. The Morgan fingerprint density at radius 1 is 1.07 bits per heavy atom. The van der Waals surface area contributed by atoms with Crippen molar-refractivity contribution in [3.05, 3.63) is 69.2 Å². The number of nitrogens with zero attached hydrogens (tertiary/aromatic N) is 1. The van der Waals surface area contributed by atoms with Crippen molar-refractivity contribution in [3.63, 3.8) is 0 Å². The molecule has 0 heterocycles. The van der Waals surface area contributed by atoms with E-state index in [2.05, 4.69) is 12.2 Å². The van der Waals surface area contributed by atoms with Crippen LogP contribution in [0.15, 0.2) is 42.5 Å². The van der Waals surface area contributed by atoms with Gasteiger partial charge in [0.15, 0.2) is 0 Å². The minimum absolute atomic E-state index is 0.136. The van der Waals surface area contributed by atoms with Gasteiger partial charge in [-0.05, 0) is 43.5 Å². The summed E-state index contributed by atoms with van der Waals surface area (Å²) in [4.78, 5) is 27.4. The van der Waals surface area contributed by atoms with E-state index in [9.17, 15) is 9.59 Å². The minimum atomic E-state index is -0.581. The quantitative estimate of drug-likeness (QED) is 0.552. The number of carbonyl (C=O) groups is 2. The lowest BCUT2D eigenvalue weighted by atomic mass is 10.1. The average Bonchev–Trinajstić information content (AvgIpc) is 2.68. The molecule has 0 aliphatic heterocycles. The zero-order valence-corrected chi connectivity index (χ0v) is 18.7. The van der Waals surface area contributed by atoms with E-state index in [4.69, 9.17) is 23.2 Å². The third-order valence-electron chi connectivity index (χ3n) is 4.77. The molecule has 156 valence electrons. The Hall–Kier alpha value is -2.04. The standard InChI is InChI=1S/C23H28Cl2N2O2/c1-4-5-11-26-23(29)17(3)27(15-19-8-6-7-16(2)12-19)22(28)14-18-9-10-20(24)21(25)13-18/h6-10,12-13,17H,4-5,11,14-15H2,1-3H3,(H,26,29)/t17-/m1/s1. The van der Waals surface area contributed by atoms with E-state index in [-0.39, 0.29) is 18.2 Å². The molecule has 2 amide bonds. The van der Waals surface area contributed by atoms with Gasteiger partial charge in [-0.25, -0.2) is 0 Å². The van der Waals surface area contributed by atoms with Crippen LogP contribution in [0.1, 0.15) is 43.4 Å². The predicted molar refractivity (Wildman–Crippen MR) is 119 cm³/mol. The Labute approximate surface area is 183 Å². The molecule has 1 atom stereocenters. The maximum Gasteiger partial charge on any atom is 0.242 e. The molecule has 0 aliphatic rings. The molecule has 0 unspecified atom stereocenters. The summed E-state index contributed by atoms with van der Waals surface area (Å²) in [6.45, 7) is 6.82. The highest BCUT2D eigenvalue weighted by Crippen LogP contribution is 2.23. The third-order valence-corrected chi connectivity index (χ3v) is 5.51. The Bertz CT molecular complexity index is 855. The molecule has 0 aliphatic carbocycles. The number of hydrogen-bond acceptors (Lipinski definition) is 2. The van der Waals surface area contributed by atoms with Gasteiger partial charge in [-0.1, -0.05) is 72.4 Å². The molecular formula is C23H28Cl2N2O2. The summed E-state index contributed by atoms with van der Waals surface area (Å²) in [6, 6.07) is 12.5. The first-order valence-corrected chi connectivity index (χ1v) is 10.6. The summed E-state index contributed by atoms with van der Waals surface area (Å²) < 4.78 is 0. The van der Waals surface area contributed by atoms with Gasteiger partial charge in [0.2, 0.25) is 11.8 Å². The van der Waals surface area contributed by atoms with E-state index in [0.717, 1.165) is 29.5 Å². The van der Waals surface area contributed by atoms with Crippen molar-refractivity contribution in [2.45, 2.75) is 52.6 Å².